The number of hydrogen-bond donors (Lipinski definition) is 3. The van der Waals surface area contributed by atoms with Gasteiger partial charge in [0, 0.05) is 6.61 Å². The van der Waals surface area contributed by atoms with Crippen LogP contribution in [0.15, 0.2) is 35.5 Å². The number of hydrogen-bond acceptors (Lipinski definition) is 3. The van der Waals surface area contributed by atoms with E-state index in [1.807, 2.05) is 0 Å². The molecule has 0 aromatic heterocycles. The molecule has 3 rings (SSSR count). The fourth-order valence-corrected chi connectivity index (χ4v) is 5.77. The summed E-state index contributed by atoms with van der Waals surface area (Å²) in [6.45, 7) is 8.69. The Hall–Kier alpha value is -0.900. The lowest BCUT2D eigenvalue weighted by atomic mass is 9.61. The van der Waals surface area contributed by atoms with Crippen LogP contribution < -0.4 is 0 Å². The van der Waals surface area contributed by atoms with Crippen molar-refractivity contribution in [3.8, 4) is 0 Å². The van der Waals surface area contributed by atoms with E-state index in [1.54, 1.807) is 0 Å². The maximum absolute atomic E-state index is 10.0. The van der Waals surface area contributed by atoms with E-state index in [1.165, 1.54) is 31.3 Å². The fraction of sp³-hybridized carbons (Fsp3) is 0.727. The van der Waals surface area contributed by atoms with Gasteiger partial charge in [-0.2, -0.15) is 0 Å². The van der Waals surface area contributed by atoms with Gasteiger partial charge < -0.3 is 15.3 Å². The second-order valence-corrected chi connectivity index (χ2v) is 8.84. The number of rotatable bonds is 3. The van der Waals surface area contributed by atoms with Crippen LogP contribution >= 0.6 is 0 Å². The van der Waals surface area contributed by atoms with E-state index in [0.29, 0.717) is 41.6 Å². The SMILES string of the molecule is C=C1[C@H](O)CC(=CC=C2CCC[C@]3(C)[C@@H]([C@H](C)CO)CC[C@@H]23)C[C@H]1O. The molecule has 0 bridgehead atoms. The van der Waals surface area contributed by atoms with E-state index in [4.69, 9.17) is 0 Å². The van der Waals surface area contributed by atoms with Crippen molar-refractivity contribution in [2.75, 3.05) is 6.61 Å². The summed E-state index contributed by atoms with van der Waals surface area (Å²) in [5, 5.41) is 29.7. The van der Waals surface area contributed by atoms with Crippen LogP contribution in [0.1, 0.15) is 58.8 Å². The van der Waals surface area contributed by atoms with Crippen molar-refractivity contribution in [2.45, 2.75) is 71.0 Å². The van der Waals surface area contributed by atoms with Gasteiger partial charge in [-0.25, -0.2) is 0 Å². The van der Waals surface area contributed by atoms with Crippen LogP contribution in [0, 0.1) is 23.2 Å². The predicted molar refractivity (Wildman–Crippen MR) is 101 cm³/mol. The predicted octanol–water partition coefficient (Wildman–Crippen LogP) is 3.76. The van der Waals surface area contributed by atoms with Crippen LogP contribution in [-0.2, 0) is 0 Å². The molecule has 3 N–H and O–H groups in total. The summed E-state index contributed by atoms with van der Waals surface area (Å²) in [4.78, 5) is 0. The summed E-state index contributed by atoms with van der Waals surface area (Å²) in [7, 11) is 0. The third kappa shape index (κ3) is 3.51. The van der Waals surface area contributed by atoms with Crippen molar-refractivity contribution >= 4 is 0 Å². The Morgan fingerprint density at radius 3 is 2.52 bits per heavy atom. The Balaban J connectivity index is 1.78. The highest BCUT2D eigenvalue weighted by atomic mass is 16.3. The van der Waals surface area contributed by atoms with Crippen molar-refractivity contribution in [3.63, 3.8) is 0 Å². The van der Waals surface area contributed by atoms with E-state index in [0.717, 1.165) is 12.0 Å². The van der Waals surface area contributed by atoms with Gasteiger partial charge in [-0.15, -0.1) is 0 Å². The lowest BCUT2D eigenvalue weighted by Crippen LogP contribution is -2.36. The van der Waals surface area contributed by atoms with Crippen LogP contribution in [0.2, 0.25) is 0 Å². The van der Waals surface area contributed by atoms with Crippen molar-refractivity contribution in [1.29, 1.82) is 0 Å². The zero-order chi connectivity index (χ0) is 18.2. The largest absolute Gasteiger partial charge is 0.396 e. The Bertz CT molecular complexity index is 560. The van der Waals surface area contributed by atoms with Crippen LogP contribution in [0.4, 0.5) is 0 Å². The van der Waals surface area contributed by atoms with E-state index in [-0.39, 0.29) is 6.61 Å². The molecule has 0 saturated heterocycles. The van der Waals surface area contributed by atoms with Gasteiger partial charge in [-0.3, -0.25) is 0 Å². The van der Waals surface area contributed by atoms with Gasteiger partial charge >= 0.3 is 0 Å². The summed E-state index contributed by atoms with van der Waals surface area (Å²) in [6, 6.07) is 0. The van der Waals surface area contributed by atoms with Gasteiger partial charge in [0.05, 0.1) is 12.2 Å². The Morgan fingerprint density at radius 2 is 1.88 bits per heavy atom. The van der Waals surface area contributed by atoms with Gasteiger partial charge in [0.2, 0.25) is 0 Å². The highest BCUT2D eigenvalue weighted by molar-refractivity contribution is 5.29. The molecule has 0 unspecified atom stereocenters. The van der Waals surface area contributed by atoms with Crippen molar-refractivity contribution in [1.82, 2.24) is 0 Å². The van der Waals surface area contributed by atoms with Gasteiger partial charge in [-0.1, -0.05) is 43.7 Å². The molecule has 140 valence electrons. The molecule has 3 heteroatoms. The maximum Gasteiger partial charge on any atom is 0.0809 e. The average Bonchev–Trinajstić information content (AvgIpc) is 2.94. The zero-order valence-corrected chi connectivity index (χ0v) is 15.7. The first kappa shape index (κ1) is 18.9. The molecule has 3 aliphatic rings. The first-order valence-corrected chi connectivity index (χ1v) is 9.91. The molecular formula is C22H34O3. The van der Waals surface area contributed by atoms with Gasteiger partial charge in [0.1, 0.15) is 0 Å². The third-order valence-electron chi connectivity index (χ3n) is 7.31. The number of allylic oxidation sites excluding steroid dienone is 3. The quantitative estimate of drug-likeness (QED) is 0.682. The zero-order valence-electron chi connectivity index (χ0n) is 15.7. The Kier molecular flexibility index (Phi) is 5.57. The first-order chi connectivity index (χ1) is 11.9. The minimum absolute atomic E-state index is 0.287. The third-order valence-corrected chi connectivity index (χ3v) is 7.31. The molecule has 0 aromatic carbocycles. The first-order valence-electron chi connectivity index (χ1n) is 9.91. The van der Waals surface area contributed by atoms with Crippen LogP contribution in [0.3, 0.4) is 0 Å². The smallest absolute Gasteiger partial charge is 0.0809 e. The topological polar surface area (TPSA) is 60.7 Å². The molecule has 0 amide bonds. The van der Waals surface area contributed by atoms with Gasteiger partial charge in [0.15, 0.2) is 0 Å². The second-order valence-electron chi connectivity index (χ2n) is 8.84. The van der Waals surface area contributed by atoms with Gasteiger partial charge in [0.25, 0.3) is 0 Å². The number of fused-ring (bicyclic) bond motifs is 1. The molecule has 0 spiro atoms. The minimum atomic E-state index is -0.619. The van der Waals surface area contributed by atoms with Crippen molar-refractivity contribution < 1.29 is 15.3 Å². The Morgan fingerprint density at radius 1 is 1.20 bits per heavy atom. The van der Waals surface area contributed by atoms with E-state index in [2.05, 4.69) is 32.6 Å². The molecule has 3 nitrogen and oxygen atoms in total. The highest BCUT2D eigenvalue weighted by Gasteiger charge is 2.50. The summed E-state index contributed by atoms with van der Waals surface area (Å²) in [6.07, 6.45) is 10.4. The van der Waals surface area contributed by atoms with Gasteiger partial charge in [-0.05, 0) is 73.7 Å². The van der Waals surface area contributed by atoms with Crippen LogP contribution in [0.25, 0.3) is 0 Å². The van der Waals surface area contributed by atoms with Crippen molar-refractivity contribution in [3.05, 3.63) is 35.5 Å². The maximum atomic E-state index is 10.0. The normalized spacial score (nSPS) is 41.7. The van der Waals surface area contributed by atoms with E-state index >= 15 is 0 Å². The molecule has 0 radical (unpaired) electrons. The van der Waals surface area contributed by atoms with Crippen LogP contribution in [-0.4, -0.2) is 34.1 Å². The molecule has 6 atom stereocenters. The standard InChI is InChI=1S/C22H34O3/c1-14(13-23)18-8-9-19-17(5-4-10-22(18,19)3)7-6-16-11-20(24)15(2)21(25)12-16/h6-7,14,18-21,23-25H,2,4-5,8-13H2,1,3H3/t14-,18-,19+,20-,21-,22-/m1/s1. The van der Waals surface area contributed by atoms with Crippen molar-refractivity contribution in [2.24, 2.45) is 23.2 Å². The summed E-state index contributed by atoms with van der Waals surface area (Å²) < 4.78 is 0. The summed E-state index contributed by atoms with van der Waals surface area (Å²) >= 11 is 0. The molecule has 25 heavy (non-hydrogen) atoms. The van der Waals surface area contributed by atoms with E-state index < -0.39 is 12.2 Å². The molecular weight excluding hydrogens is 312 g/mol. The molecule has 0 aliphatic heterocycles. The fourth-order valence-electron chi connectivity index (χ4n) is 5.77. The highest BCUT2D eigenvalue weighted by Crippen LogP contribution is 2.59. The number of aliphatic hydroxyl groups is 3. The molecule has 3 fully saturated rings. The van der Waals surface area contributed by atoms with Crippen LogP contribution in [0.5, 0.6) is 0 Å². The summed E-state index contributed by atoms with van der Waals surface area (Å²) in [5.41, 5.74) is 3.50. The second kappa shape index (κ2) is 7.38. The lowest BCUT2D eigenvalue weighted by molar-refractivity contribution is 0.0690. The number of aliphatic hydroxyl groups excluding tert-OH is 3. The summed E-state index contributed by atoms with van der Waals surface area (Å²) in [5.74, 6) is 1.60. The Labute approximate surface area is 152 Å². The molecule has 0 aromatic rings. The molecule has 0 heterocycles. The molecule has 3 saturated carbocycles. The molecule has 3 aliphatic carbocycles. The van der Waals surface area contributed by atoms with E-state index in [9.17, 15) is 15.3 Å². The monoisotopic (exact) mass is 346 g/mol. The average molecular weight is 347 g/mol. The minimum Gasteiger partial charge on any atom is -0.396 e. The lowest BCUT2D eigenvalue weighted by Gasteiger charge is -2.44.